The Labute approximate surface area is 271 Å². The molecule has 6 nitrogen and oxygen atoms in total. The van der Waals surface area contributed by atoms with Gasteiger partial charge in [-0.2, -0.15) is 0 Å². The second kappa shape index (κ2) is 14.2. The number of fused-ring (bicyclic) bond motifs is 1. The third kappa shape index (κ3) is 6.71. The zero-order valence-electron chi connectivity index (χ0n) is 25.0. The molecule has 0 aliphatic heterocycles. The zero-order chi connectivity index (χ0) is 30.8. The summed E-state index contributed by atoms with van der Waals surface area (Å²) in [6, 6.07) is 15.5. The number of thiophene rings is 1. The van der Waals surface area contributed by atoms with Crippen LogP contribution in [0.25, 0.3) is 21.2 Å². The summed E-state index contributed by atoms with van der Waals surface area (Å²) in [5, 5.41) is 3.19. The lowest BCUT2D eigenvalue weighted by Gasteiger charge is -2.37. The largest absolute Gasteiger partial charge is 0.496 e. The maximum atomic E-state index is 14.7. The molecule has 1 aliphatic carbocycles. The summed E-state index contributed by atoms with van der Waals surface area (Å²) >= 11 is 7.46. The van der Waals surface area contributed by atoms with Gasteiger partial charge in [-0.3, -0.25) is 9.59 Å². The van der Waals surface area contributed by atoms with Crippen LogP contribution in [0.5, 0.6) is 5.75 Å². The summed E-state index contributed by atoms with van der Waals surface area (Å²) < 4.78 is 35.1. The highest BCUT2D eigenvalue weighted by Crippen LogP contribution is 2.40. The summed E-state index contributed by atoms with van der Waals surface area (Å²) in [4.78, 5) is 30.0. The third-order valence-electron chi connectivity index (χ3n) is 8.18. The normalized spacial score (nSPS) is 16.3. The highest BCUT2D eigenvalue weighted by molar-refractivity contribution is 7.21. The smallest absolute Gasteiger partial charge is 0.266 e. The molecule has 0 bridgehead atoms. The van der Waals surface area contributed by atoms with Gasteiger partial charge in [0.2, 0.25) is 0 Å². The topological polar surface area (TPSA) is 61.9 Å². The highest BCUT2D eigenvalue weighted by atomic mass is 35.5. The number of halogens is 4. The number of hydrogen-bond donors (Lipinski definition) is 1. The van der Waals surface area contributed by atoms with Gasteiger partial charge in [-0.1, -0.05) is 29.8 Å². The molecule has 0 radical (unpaired) electrons. The van der Waals surface area contributed by atoms with Gasteiger partial charge in [-0.05, 0) is 80.3 Å². The number of hydrogen-bond acceptors (Lipinski definition) is 5. The van der Waals surface area contributed by atoms with Crippen LogP contribution in [0.4, 0.5) is 8.78 Å². The predicted molar refractivity (Wildman–Crippen MR) is 175 cm³/mol. The van der Waals surface area contributed by atoms with Crippen LogP contribution in [0.2, 0.25) is 5.02 Å². The molecule has 0 atom stereocenters. The van der Waals surface area contributed by atoms with E-state index in [4.69, 9.17) is 16.3 Å². The predicted octanol–water partition coefficient (Wildman–Crippen LogP) is 7.81. The molecule has 44 heavy (non-hydrogen) atoms. The molecule has 0 spiro atoms. The Morgan fingerprint density at radius 1 is 0.955 bits per heavy atom. The average Bonchev–Trinajstić information content (AvgIpc) is 3.39. The second-order valence-corrected chi connectivity index (χ2v) is 12.4. The number of amides is 2. The first-order chi connectivity index (χ1) is 20.6. The van der Waals surface area contributed by atoms with Gasteiger partial charge in [-0.25, -0.2) is 8.78 Å². The van der Waals surface area contributed by atoms with Crippen LogP contribution in [0.1, 0.15) is 51.3 Å². The van der Waals surface area contributed by atoms with Crippen molar-refractivity contribution < 1.29 is 23.1 Å². The molecule has 1 N–H and O–H groups in total. The van der Waals surface area contributed by atoms with Gasteiger partial charge >= 0.3 is 0 Å². The maximum absolute atomic E-state index is 14.7. The van der Waals surface area contributed by atoms with Crippen LogP contribution in [0.3, 0.4) is 0 Å². The Hall–Kier alpha value is -3.24. The van der Waals surface area contributed by atoms with Crippen molar-refractivity contribution in [1.29, 1.82) is 0 Å². The minimum Gasteiger partial charge on any atom is -0.496 e. The Balaban J connectivity index is 0.00000442. The summed E-state index contributed by atoms with van der Waals surface area (Å²) in [5.74, 6) is -1.10. The molecule has 1 fully saturated rings. The molecule has 1 aromatic heterocycles. The van der Waals surface area contributed by atoms with Crippen molar-refractivity contribution in [2.45, 2.75) is 44.3 Å². The third-order valence-corrected chi connectivity index (χ3v) is 9.85. The van der Waals surface area contributed by atoms with Gasteiger partial charge < -0.3 is 19.9 Å². The Kier molecular flexibility index (Phi) is 10.9. The van der Waals surface area contributed by atoms with Crippen LogP contribution in [0, 0.1) is 11.6 Å². The zero-order valence-corrected chi connectivity index (χ0v) is 27.3. The SMILES string of the molecule is CNC1CCC(N(Cc2cc(-c3ccc(C(=O)N(C)C)cc3)ccc2OC)C(=O)c2sc3c(F)ccc(F)c3c2Cl)CC1.Cl. The van der Waals surface area contributed by atoms with E-state index in [9.17, 15) is 18.4 Å². The molecule has 3 aromatic carbocycles. The molecule has 0 unspecified atom stereocenters. The minimum atomic E-state index is -0.662. The average molecular weight is 663 g/mol. The van der Waals surface area contributed by atoms with Gasteiger partial charge in [0, 0.05) is 43.9 Å². The second-order valence-electron chi connectivity index (χ2n) is 11.0. The van der Waals surface area contributed by atoms with E-state index in [2.05, 4.69) is 5.32 Å². The van der Waals surface area contributed by atoms with Crippen molar-refractivity contribution in [3.8, 4) is 16.9 Å². The van der Waals surface area contributed by atoms with E-state index in [1.807, 2.05) is 37.4 Å². The van der Waals surface area contributed by atoms with Gasteiger partial charge in [0.1, 0.15) is 22.3 Å². The molecule has 1 aliphatic rings. The molecule has 1 heterocycles. The molecule has 5 rings (SSSR count). The monoisotopic (exact) mass is 661 g/mol. The summed E-state index contributed by atoms with van der Waals surface area (Å²) in [7, 11) is 6.94. The van der Waals surface area contributed by atoms with E-state index in [1.54, 1.807) is 38.2 Å². The van der Waals surface area contributed by atoms with Crippen LogP contribution in [0.15, 0.2) is 54.6 Å². The van der Waals surface area contributed by atoms with Crippen LogP contribution in [-0.4, -0.2) is 62.0 Å². The molecular formula is C33H35Cl2F2N3O3S. The first kappa shape index (κ1) is 33.6. The first-order valence-electron chi connectivity index (χ1n) is 14.2. The standard InChI is InChI=1S/C33H34ClF2N3O3S.ClH/c1-37-23-10-12-24(13-11-23)39(33(41)31-29(34)28-25(35)14-15-26(36)30(28)43-31)18-22-17-21(9-16-27(22)42-4)19-5-7-20(8-6-19)32(40)38(2)3;/h5-9,14-17,23-24,37H,10-13,18H2,1-4H3;1H. The Morgan fingerprint density at radius 3 is 2.18 bits per heavy atom. The molecule has 11 heteroatoms. The first-order valence-corrected chi connectivity index (χ1v) is 15.4. The van der Waals surface area contributed by atoms with Crippen molar-refractivity contribution in [3.63, 3.8) is 0 Å². The van der Waals surface area contributed by atoms with Crippen LogP contribution >= 0.6 is 35.3 Å². The number of nitrogens with zero attached hydrogens (tertiary/aromatic N) is 2. The van der Waals surface area contributed by atoms with Gasteiger partial charge in [0.05, 0.1) is 22.2 Å². The number of rotatable bonds is 8. The number of benzene rings is 3. The van der Waals surface area contributed by atoms with Gasteiger partial charge in [0.25, 0.3) is 11.8 Å². The fraction of sp³-hybridized carbons (Fsp3) is 0.333. The summed E-state index contributed by atoms with van der Waals surface area (Å²) in [5.41, 5.74) is 3.18. The maximum Gasteiger partial charge on any atom is 0.266 e. The van der Waals surface area contributed by atoms with Crippen molar-refractivity contribution in [1.82, 2.24) is 15.1 Å². The fourth-order valence-electron chi connectivity index (χ4n) is 5.74. The molecule has 2 amide bonds. The lowest BCUT2D eigenvalue weighted by molar-refractivity contribution is 0.0604. The highest BCUT2D eigenvalue weighted by Gasteiger charge is 2.33. The summed E-state index contributed by atoms with van der Waals surface area (Å²) in [6.07, 6.45) is 3.32. The van der Waals surface area contributed by atoms with E-state index in [0.29, 0.717) is 17.4 Å². The molecular weight excluding hydrogens is 627 g/mol. The lowest BCUT2D eigenvalue weighted by atomic mass is 9.89. The number of methoxy groups -OCH3 is 1. The van der Waals surface area contributed by atoms with Crippen LogP contribution in [-0.2, 0) is 6.54 Å². The number of nitrogens with one attached hydrogen (secondary N) is 1. The van der Waals surface area contributed by atoms with E-state index in [0.717, 1.165) is 65.8 Å². The Morgan fingerprint density at radius 2 is 1.59 bits per heavy atom. The molecule has 0 saturated heterocycles. The van der Waals surface area contributed by atoms with Crippen LogP contribution < -0.4 is 10.1 Å². The minimum absolute atomic E-state index is 0. The van der Waals surface area contributed by atoms with Gasteiger partial charge in [0.15, 0.2) is 0 Å². The molecule has 234 valence electrons. The van der Waals surface area contributed by atoms with Crippen molar-refractivity contribution in [2.24, 2.45) is 0 Å². The van der Waals surface area contributed by atoms with Crippen molar-refractivity contribution in [2.75, 3.05) is 28.3 Å². The Bertz CT molecular complexity index is 1650. The molecule has 4 aromatic rings. The van der Waals surface area contributed by atoms with Crippen molar-refractivity contribution >= 4 is 57.2 Å². The van der Waals surface area contributed by atoms with E-state index < -0.39 is 11.6 Å². The number of ether oxygens (including phenoxy) is 1. The quantitative estimate of drug-likeness (QED) is 0.209. The molecule has 1 saturated carbocycles. The number of carbonyl (C=O) groups excluding carboxylic acids is 2. The fourth-order valence-corrected chi connectivity index (χ4v) is 7.24. The van der Waals surface area contributed by atoms with E-state index >= 15 is 0 Å². The van der Waals surface area contributed by atoms with Crippen molar-refractivity contribution in [3.05, 3.63) is 87.3 Å². The van der Waals surface area contributed by atoms with E-state index in [1.165, 1.54) is 4.90 Å². The lowest BCUT2D eigenvalue weighted by Crippen LogP contribution is -2.44. The number of carbonyl (C=O) groups is 2. The van der Waals surface area contributed by atoms with E-state index in [-0.39, 0.29) is 56.8 Å². The summed E-state index contributed by atoms with van der Waals surface area (Å²) in [6.45, 7) is 0.220. The van der Waals surface area contributed by atoms with Gasteiger partial charge in [-0.15, -0.1) is 23.7 Å².